The van der Waals surface area contributed by atoms with E-state index in [1.165, 1.54) is 12.8 Å². The number of hydrogen-bond acceptors (Lipinski definition) is 2. The van der Waals surface area contributed by atoms with Gasteiger partial charge in [-0.15, -0.1) is 0 Å². The van der Waals surface area contributed by atoms with Gasteiger partial charge in [0, 0.05) is 19.7 Å². The molecule has 0 aromatic heterocycles. The predicted octanol–water partition coefficient (Wildman–Crippen LogP) is 2.78. The first-order valence-corrected chi connectivity index (χ1v) is 5.41. The summed E-state index contributed by atoms with van der Waals surface area (Å²) in [6, 6.07) is 0.690. The zero-order valence-electron chi connectivity index (χ0n) is 10.3. The molecule has 0 aromatic carbocycles. The second-order valence-electron chi connectivity index (χ2n) is 3.11. The van der Waals surface area contributed by atoms with Crippen LogP contribution in [0.25, 0.3) is 0 Å². The molecule has 13 heavy (non-hydrogen) atoms. The first kappa shape index (κ1) is 15.4. The normalized spacial score (nSPS) is 12.2. The molecule has 0 fully saturated rings. The van der Waals surface area contributed by atoms with Gasteiger partial charge in [0.2, 0.25) is 0 Å². The Morgan fingerprint density at radius 1 is 1.31 bits per heavy atom. The lowest BCUT2D eigenvalue weighted by Gasteiger charge is -2.23. The zero-order chi connectivity index (χ0) is 10.7. The van der Waals surface area contributed by atoms with Gasteiger partial charge in [0.1, 0.15) is 0 Å². The molecule has 0 rings (SSSR count). The lowest BCUT2D eigenvalue weighted by molar-refractivity contribution is 0.140. The SMILES string of the molecule is CC.CCCC(C)N(C)CCOC. The molecule has 0 saturated heterocycles. The molecule has 2 nitrogen and oxygen atoms in total. The van der Waals surface area contributed by atoms with E-state index in [1.54, 1.807) is 7.11 Å². The van der Waals surface area contributed by atoms with Gasteiger partial charge in [0.25, 0.3) is 0 Å². The molecule has 0 heterocycles. The Morgan fingerprint density at radius 3 is 2.23 bits per heavy atom. The van der Waals surface area contributed by atoms with E-state index in [0.29, 0.717) is 6.04 Å². The van der Waals surface area contributed by atoms with Crippen LogP contribution in [0.3, 0.4) is 0 Å². The van der Waals surface area contributed by atoms with Crippen LogP contribution in [0, 0.1) is 0 Å². The minimum atomic E-state index is 0.690. The molecule has 2 heteroatoms. The second-order valence-corrected chi connectivity index (χ2v) is 3.11. The molecular weight excluding hydrogens is 162 g/mol. The molecule has 0 spiro atoms. The third-order valence-corrected chi connectivity index (χ3v) is 2.11. The van der Waals surface area contributed by atoms with E-state index in [1.807, 2.05) is 13.8 Å². The Labute approximate surface area is 84.3 Å². The van der Waals surface area contributed by atoms with Crippen molar-refractivity contribution >= 4 is 0 Å². The highest BCUT2D eigenvalue weighted by Gasteiger charge is 2.06. The van der Waals surface area contributed by atoms with Crippen molar-refractivity contribution in [1.29, 1.82) is 0 Å². The fourth-order valence-electron chi connectivity index (χ4n) is 1.09. The smallest absolute Gasteiger partial charge is 0.0589 e. The minimum Gasteiger partial charge on any atom is -0.383 e. The standard InChI is InChI=1S/C9H21NO.C2H6/c1-5-6-9(2)10(3)7-8-11-4;1-2/h9H,5-8H2,1-4H3;1-2H3. The topological polar surface area (TPSA) is 12.5 Å². The van der Waals surface area contributed by atoms with Gasteiger partial charge in [0.05, 0.1) is 6.61 Å². The summed E-state index contributed by atoms with van der Waals surface area (Å²) in [6.07, 6.45) is 2.54. The highest BCUT2D eigenvalue weighted by Crippen LogP contribution is 2.02. The van der Waals surface area contributed by atoms with E-state index in [2.05, 4.69) is 25.8 Å². The van der Waals surface area contributed by atoms with Crippen molar-refractivity contribution in [2.24, 2.45) is 0 Å². The molecule has 1 atom stereocenters. The molecular formula is C11H27NO. The number of rotatable bonds is 6. The van der Waals surface area contributed by atoms with Crippen LogP contribution in [0.2, 0.25) is 0 Å². The van der Waals surface area contributed by atoms with Crippen LogP contribution in [0.4, 0.5) is 0 Å². The number of ether oxygens (including phenoxy) is 1. The Bertz CT molecular complexity index is 86.2. The lowest BCUT2D eigenvalue weighted by Crippen LogP contribution is -2.31. The van der Waals surface area contributed by atoms with Gasteiger partial charge in [-0.1, -0.05) is 27.2 Å². The van der Waals surface area contributed by atoms with Crippen LogP contribution >= 0.6 is 0 Å². The maximum atomic E-state index is 5.00. The van der Waals surface area contributed by atoms with Gasteiger partial charge in [-0.05, 0) is 20.4 Å². The van der Waals surface area contributed by atoms with Gasteiger partial charge in [-0.3, -0.25) is 0 Å². The van der Waals surface area contributed by atoms with E-state index in [9.17, 15) is 0 Å². The van der Waals surface area contributed by atoms with Gasteiger partial charge in [-0.2, -0.15) is 0 Å². The molecule has 0 amide bonds. The van der Waals surface area contributed by atoms with Gasteiger partial charge in [-0.25, -0.2) is 0 Å². The number of likely N-dealkylation sites (N-methyl/N-ethyl adjacent to an activating group) is 1. The van der Waals surface area contributed by atoms with Gasteiger partial charge < -0.3 is 9.64 Å². The van der Waals surface area contributed by atoms with E-state index in [0.717, 1.165) is 13.2 Å². The molecule has 0 aliphatic carbocycles. The number of nitrogens with zero attached hydrogens (tertiary/aromatic N) is 1. The maximum Gasteiger partial charge on any atom is 0.0589 e. The Morgan fingerprint density at radius 2 is 1.85 bits per heavy atom. The van der Waals surface area contributed by atoms with Gasteiger partial charge in [0.15, 0.2) is 0 Å². The summed E-state index contributed by atoms with van der Waals surface area (Å²) in [5.74, 6) is 0. The van der Waals surface area contributed by atoms with E-state index in [4.69, 9.17) is 4.74 Å². The summed E-state index contributed by atoms with van der Waals surface area (Å²) < 4.78 is 5.00. The van der Waals surface area contributed by atoms with Crippen LogP contribution in [-0.4, -0.2) is 38.3 Å². The highest BCUT2D eigenvalue weighted by atomic mass is 16.5. The van der Waals surface area contributed by atoms with Crippen molar-refractivity contribution < 1.29 is 4.74 Å². The minimum absolute atomic E-state index is 0.690. The monoisotopic (exact) mass is 189 g/mol. The summed E-state index contributed by atoms with van der Waals surface area (Å²) in [5.41, 5.74) is 0. The molecule has 0 saturated carbocycles. The molecule has 0 aliphatic rings. The van der Waals surface area contributed by atoms with E-state index >= 15 is 0 Å². The van der Waals surface area contributed by atoms with Crippen LogP contribution in [0.1, 0.15) is 40.5 Å². The molecule has 0 radical (unpaired) electrons. The summed E-state index contributed by atoms with van der Waals surface area (Å²) >= 11 is 0. The third kappa shape index (κ3) is 9.84. The second kappa shape index (κ2) is 11.9. The van der Waals surface area contributed by atoms with Crippen LogP contribution in [-0.2, 0) is 4.74 Å². The Hall–Kier alpha value is -0.0800. The average molecular weight is 189 g/mol. The first-order chi connectivity index (χ1) is 6.22. The van der Waals surface area contributed by atoms with Gasteiger partial charge >= 0.3 is 0 Å². The maximum absolute atomic E-state index is 5.00. The zero-order valence-corrected chi connectivity index (χ0v) is 10.3. The Balaban J connectivity index is 0. The highest BCUT2D eigenvalue weighted by molar-refractivity contribution is 4.61. The van der Waals surface area contributed by atoms with Crippen LogP contribution < -0.4 is 0 Å². The van der Waals surface area contributed by atoms with E-state index < -0.39 is 0 Å². The molecule has 0 aliphatic heterocycles. The Kier molecular flexibility index (Phi) is 14.1. The van der Waals surface area contributed by atoms with Crippen LogP contribution in [0.15, 0.2) is 0 Å². The van der Waals surface area contributed by atoms with Crippen LogP contribution in [0.5, 0.6) is 0 Å². The third-order valence-electron chi connectivity index (χ3n) is 2.11. The quantitative estimate of drug-likeness (QED) is 0.637. The van der Waals surface area contributed by atoms with Crippen molar-refractivity contribution in [3.05, 3.63) is 0 Å². The van der Waals surface area contributed by atoms with Crippen molar-refractivity contribution in [2.75, 3.05) is 27.3 Å². The van der Waals surface area contributed by atoms with Crippen molar-refractivity contribution in [3.8, 4) is 0 Å². The summed E-state index contributed by atoms with van der Waals surface area (Å²) in [7, 11) is 3.90. The first-order valence-electron chi connectivity index (χ1n) is 5.41. The number of hydrogen-bond donors (Lipinski definition) is 0. The predicted molar refractivity (Wildman–Crippen MR) is 60.2 cm³/mol. The van der Waals surface area contributed by atoms with E-state index in [-0.39, 0.29) is 0 Å². The average Bonchev–Trinajstić information content (AvgIpc) is 2.17. The van der Waals surface area contributed by atoms with Crippen molar-refractivity contribution in [2.45, 2.75) is 46.6 Å². The molecule has 0 N–H and O–H groups in total. The number of methoxy groups -OCH3 is 1. The fraction of sp³-hybridized carbons (Fsp3) is 1.00. The molecule has 0 aromatic rings. The largest absolute Gasteiger partial charge is 0.383 e. The lowest BCUT2D eigenvalue weighted by atomic mass is 10.2. The molecule has 1 unspecified atom stereocenters. The summed E-state index contributed by atoms with van der Waals surface area (Å²) in [5, 5.41) is 0. The molecule has 0 bridgehead atoms. The fourth-order valence-corrected chi connectivity index (χ4v) is 1.09. The van der Waals surface area contributed by atoms with Crippen molar-refractivity contribution in [1.82, 2.24) is 4.90 Å². The summed E-state index contributed by atoms with van der Waals surface area (Å²) in [4.78, 5) is 2.34. The molecule has 82 valence electrons. The summed E-state index contributed by atoms with van der Waals surface area (Å²) in [6.45, 7) is 10.4. The van der Waals surface area contributed by atoms with Crippen molar-refractivity contribution in [3.63, 3.8) is 0 Å².